The molecule has 0 bridgehead atoms. The van der Waals surface area contributed by atoms with Crippen molar-refractivity contribution in [1.29, 1.82) is 0 Å². The van der Waals surface area contributed by atoms with Gasteiger partial charge in [0, 0.05) is 0 Å². The summed E-state index contributed by atoms with van der Waals surface area (Å²) in [5, 5.41) is 19.9. The second-order valence-electron chi connectivity index (χ2n) is 2.72. The van der Waals surface area contributed by atoms with Crippen LogP contribution in [0.3, 0.4) is 0 Å². The molecule has 0 fully saturated rings. The van der Waals surface area contributed by atoms with Gasteiger partial charge in [-0.3, -0.25) is 0 Å². The molecule has 82 valence electrons. The van der Waals surface area contributed by atoms with Crippen molar-refractivity contribution in [2.24, 2.45) is 10.3 Å². The zero-order chi connectivity index (χ0) is 11.2. The van der Waals surface area contributed by atoms with Crippen molar-refractivity contribution in [3.63, 3.8) is 0 Å². The van der Waals surface area contributed by atoms with Crippen molar-refractivity contribution in [2.45, 2.75) is 0 Å². The van der Waals surface area contributed by atoms with E-state index in [1.165, 1.54) is 28.9 Å². The molecule has 2 rings (SSSR count). The van der Waals surface area contributed by atoms with Gasteiger partial charge in [-0.2, -0.15) is 0 Å². The summed E-state index contributed by atoms with van der Waals surface area (Å²) in [5.74, 6) is 0. The third kappa shape index (κ3) is 2.68. The Kier molecular flexibility index (Phi) is 3.68. The predicted octanol–water partition coefficient (Wildman–Crippen LogP) is 3.05. The molecule has 0 aromatic carbocycles. The number of hydrogen-bond donors (Lipinski definition) is 1. The highest BCUT2D eigenvalue weighted by Gasteiger charge is 2.03. The molecule has 1 N–H and O–H groups in total. The normalized spacial score (nSPS) is 12.1. The molecule has 0 saturated heterocycles. The smallest absolute Gasteiger partial charge is 0.211 e. The van der Waals surface area contributed by atoms with Gasteiger partial charge in [0.15, 0.2) is 0 Å². The first-order valence-electron chi connectivity index (χ1n) is 4.40. The maximum atomic E-state index is 8.53. The molecule has 2 aromatic heterocycles. The summed E-state index contributed by atoms with van der Waals surface area (Å²) in [5.41, 5.74) is 0.492. The minimum Gasteiger partial charge on any atom is -0.411 e. The molecule has 0 radical (unpaired) electrons. The van der Waals surface area contributed by atoms with E-state index in [0.29, 0.717) is 10.8 Å². The highest BCUT2D eigenvalue weighted by atomic mass is 32.1. The summed E-state index contributed by atoms with van der Waals surface area (Å²) < 4.78 is 0. The van der Waals surface area contributed by atoms with Gasteiger partial charge in [0.05, 0.1) is 11.1 Å². The van der Waals surface area contributed by atoms with Crippen LogP contribution in [0.25, 0.3) is 0 Å². The fourth-order valence-electron chi connectivity index (χ4n) is 1.02. The van der Waals surface area contributed by atoms with Crippen molar-refractivity contribution < 1.29 is 10.0 Å². The fourth-order valence-corrected chi connectivity index (χ4v) is 2.22. The molecular weight excluding hydrogens is 244 g/mol. The quantitative estimate of drug-likeness (QED) is 0.516. The number of nitrogens with zero attached hydrogens (tertiary/aromatic N) is 2. The number of thiophene rings is 2. The molecule has 0 unspecified atom stereocenters. The Bertz CT molecular complexity index is 475. The predicted molar refractivity (Wildman–Crippen MR) is 66.1 cm³/mol. The maximum Gasteiger partial charge on any atom is 0.211 e. The molecule has 6 heteroatoms. The lowest BCUT2D eigenvalue weighted by molar-refractivity contribution is 0.321. The first kappa shape index (κ1) is 10.8. The Hall–Kier alpha value is -1.66. The summed E-state index contributed by atoms with van der Waals surface area (Å²) in [6.45, 7) is 0. The van der Waals surface area contributed by atoms with Gasteiger partial charge in [-0.25, -0.2) is 0 Å². The molecule has 0 atom stereocenters. The Balaban J connectivity index is 2.17. The SMILES string of the molecule is ON=CC(=NOc1cccs1)c1cccs1. The second kappa shape index (κ2) is 5.43. The Morgan fingerprint density at radius 2 is 2.06 bits per heavy atom. The van der Waals surface area contributed by atoms with E-state index in [4.69, 9.17) is 10.0 Å². The van der Waals surface area contributed by atoms with Crippen LogP contribution in [-0.4, -0.2) is 17.1 Å². The topological polar surface area (TPSA) is 54.2 Å². The van der Waals surface area contributed by atoms with Crippen LogP contribution in [0.1, 0.15) is 4.88 Å². The van der Waals surface area contributed by atoms with Crippen LogP contribution in [-0.2, 0) is 0 Å². The molecule has 0 spiro atoms. The van der Waals surface area contributed by atoms with Crippen LogP contribution in [0, 0.1) is 0 Å². The molecule has 2 aromatic rings. The van der Waals surface area contributed by atoms with E-state index < -0.39 is 0 Å². The Morgan fingerprint density at radius 3 is 2.69 bits per heavy atom. The lowest BCUT2D eigenvalue weighted by Gasteiger charge is -1.96. The van der Waals surface area contributed by atoms with Crippen LogP contribution in [0.5, 0.6) is 5.06 Å². The molecule has 0 saturated carbocycles. The monoisotopic (exact) mass is 252 g/mol. The van der Waals surface area contributed by atoms with Gasteiger partial charge in [0.25, 0.3) is 0 Å². The lowest BCUT2D eigenvalue weighted by Crippen LogP contribution is -2.02. The molecule has 0 aliphatic rings. The summed E-state index contributed by atoms with van der Waals surface area (Å²) in [6.07, 6.45) is 1.25. The largest absolute Gasteiger partial charge is 0.411 e. The molecule has 4 nitrogen and oxygen atoms in total. The van der Waals surface area contributed by atoms with E-state index in [0.717, 1.165) is 4.88 Å². The van der Waals surface area contributed by atoms with Gasteiger partial charge >= 0.3 is 0 Å². The van der Waals surface area contributed by atoms with Crippen molar-refractivity contribution in [2.75, 3.05) is 0 Å². The summed E-state index contributed by atoms with van der Waals surface area (Å²) in [4.78, 5) is 6.08. The number of rotatable bonds is 4. The number of oxime groups is 2. The average molecular weight is 252 g/mol. The highest BCUT2D eigenvalue weighted by Crippen LogP contribution is 2.19. The molecule has 16 heavy (non-hydrogen) atoms. The maximum absolute atomic E-state index is 8.53. The molecule has 0 amide bonds. The zero-order valence-corrected chi connectivity index (χ0v) is 9.74. The van der Waals surface area contributed by atoms with E-state index in [2.05, 4.69) is 10.3 Å². The van der Waals surface area contributed by atoms with Gasteiger partial charge in [-0.1, -0.05) is 16.4 Å². The second-order valence-corrected chi connectivity index (χ2v) is 4.58. The van der Waals surface area contributed by atoms with Gasteiger partial charge in [-0.15, -0.1) is 22.7 Å². The standard InChI is InChI=1S/C10H8N2O2S2/c13-11-7-8(9-3-1-5-15-9)12-14-10-4-2-6-16-10/h1-7,13H. The molecule has 2 heterocycles. The van der Waals surface area contributed by atoms with Gasteiger partial charge < -0.3 is 10.0 Å². The first-order valence-corrected chi connectivity index (χ1v) is 6.16. The lowest BCUT2D eigenvalue weighted by atomic mass is 10.3. The molecular formula is C10H8N2O2S2. The van der Waals surface area contributed by atoms with E-state index in [-0.39, 0.29) is 0 Å². The fraction of sp³-hybridized carbons (Fsp3) is 0. The summed E-state index contributed by atoms with van der Waals surface area (Å²) in [6, 6.07) is 7.46. The Labute approximate surface area is 100 Å². The number of hydrogen-bond acceptors (Lipinski definition) is 6. The highest BCUT2D eigenvalue weighted by molar-refractivity contribution is 7.13. The van der Waals surface area contributed by atoms with Gasteiger partial charge in [0.1, 0.15) is 5.71 Å². The van der Waals surface area contributed by atoms with Crippen LogP contribution in [0.15, 0.2) is 45.3 Å². The van der Waals surface area contributed by atoms with Crippen LogP contribution >= 0.6 is 22.7 Å². The van der Waals surface area contributed by atoms with E-state index in [1.54, 1.807) is 0 Å². The van der Waals surface area contributed by atoms with Crippen molar-refractivity contribution in [1.82, 2.24) is 0 Å². The van der Waals surface area contributed by atoms with Crippen LogP contribution in [0.2, 0.25) is 0 Å². The van der Waals surface area contributed by atoms with Crippen molar-refractivity contribution in [3.8, 4) is 5.06 Å². The summed E-state index contributed by atoms with van der Waals surface area (Å²) in [7, 11) is 0. The average Bonchev–Trinajstić information content (AvgIpc) is 2.96. The molecule has 0 aliphatic carbocycles. The van der Waals surface area contributed by atoms with Crippen LogP contribution in [0.4, 0.5) is 0 Å². The molecule has 0 aliphatic heterocycles. The van der Waals surface area contributed by atoms with E-state index in [9.17, 15) is 0 Å². The van der Waals surface area contributed by atoms with Crippen molar-refractivity contribution in [3.05, 3.63) is 39.9 Å². The first-order chi connectivity index (χ1) is 7.90. The Morgan fingerprint density at radius 1 is 1.25 bits per heavy atom. The van der Waals surface area contributed by atoms with Gasteiger partial charge in [0.2, 0.25) is 5.06 Å². The third-order valence-corrected chi connectivity index (χ3v) is 3.31. The zero-order valence-electron chi connectivity index (χ0n) is 8.11. The van der Waals surface area contributed by atoms with Gasteiger partial charge in [-0.05, 0) is 29.0 Å². The third-order valence-electron chi connectivity index (χ3n) is 1.68. The minimum absolute atomic E-state index is 0.492. The summed E-state index contributed by atoms with van der Waals surface area (Å²) >= 11 is 2.95. The van der Waals surface area contributed by atoms with E-state index in [1.807, 2.05) is 35.0 Å². The van der Waals surface area contributed by atoms with Crippen LogP contribution < -0.4 is 4.84 Å². The van der Waals surface area contributed by atoms with E-state index >= 15 is 0 Å². The van der Waals surface area contributed by atoms with Crippen molar-refractivity contribution >= 4 is 34.6 Å². The minimum atomic E-state index is 0.492.